The lowest BCUT2D eigenvalue weighted by Gasteiger charge is -1.92. The lowest BCUT2D eigenvalue weighted by atomic mass is 10.2. The van der Waals surface area contributed by atoms with Crippen molar-refractivity contribution in [3.05, 3.63) is 48.3 Å². The van der Waals surface area contributed by atoms with Gasteiger partial charge in [-0.25, -0.2) is 4.98 Å². The summed E-state index contributed by atoms with van der Waals surface area (Å²) in [6.07, 6.45) is 1.80. The summed E-state index contributed by atoms with van der Waals surface area (Å²) in [7, 11) is 0. The minimum atomic E-state index is 1.01. The Morgan fingerprint density at radius 1 is 1.17 bits per heavy atom. The second-order valence-electron chi connectivity index (χ2n) is 2.50. The van der Waals surface area contributed by atoms with Crippen LogP contribution in [0.25, 0.3) is 10.6 Å². The maximum absolute atomic E-state index is 4.24. The Morgan fingerprint density at radius 2 is 1.92 bits per heavy atom. The van der Waals surface area contributed by atoms with E-state index in [-0.39, 0.29) is 0 Å². The summed E-state index contributed by atoms with van der Waals surface area (Å²) in [6, 6.07) is 10.1. The number of hydrogen-bond donors (Lipinski definition) is 0. The van der Waals surface area contributed by atoms with Crippen LogP contribution in [0.15, 0.2) is 36.5 Å². The molecule has 2 heteroatoms. The van der Waals surface area contributed by atoms with Gasteiger partial charge < -0.3 is 0 Å². The van der Waals surface area contributed by atoms with E-state index in [9.17, 15) is 0 Å². The minimum absolute atomic E-state index is 1.01. The topological polar surface area (TPSA) is 12.9 Å². The molecule has 0 amide bonds. The van der Waals surface area contributed by atoms with Crippen LogP contribution in [0.3, 0.4) is 0 Å². The van der Waals surface area contributed by atoms with Crippen molar-refractivity contribution in [2.24, 2.45) is 0 Å². The summed E-state index contributed by atoms with van der Waals surface area (Å²) >= 11 is 1.62. The van der Waals surface area contributed by atoms with Crippen LogP contribution >= 0.6 is 11.3 Å². The van der Waals surface area contributed by atoms with Crippen molar-refractivity contribution in [3.8, 4) is 10.6 Å². The molecule has 1 nitrogen and oxygen atoms in total. The first kappa shape index (κ1) is 7.50. The quantitative estimate of drug-likeness (QED) is 0.647. The molecule has 0 fully saturated rings. The van der Waals surface area contributed by atoms with Gasteiger partial charge in [0.2, 0.25) is 0 Å². The predicted octanol–water partition coefficient (Wildman–Crippen LogP) is 2.99. The van der Waals surface area contributed by atoms with Gasteiger partial charge in [-0.05, 0) is 6.92 Å². The van der Waals surface area contributed by atoms with Crippen molar-refractivity contribution in [1.29, 1.82) is 0 Å². The van der Waals surface area contributed by atoms with Crippen LogP contribution in [0, 0.1) is 6.92 Å². The van der Waals surface area contributed by atoms with Gasteiger partial charge in [-0.2, -0.15) is 0 Å². The molecule has 1 radical (unpaired) electrons. The molecule has 1 aromatic heterocycles. The van der Waals surface area contributed by atoms with Crippen LogP contribution in [0.5, 0.6) is 0 Å². The van der Waals surface area contributed by atoms with Crippen molar-refractivity contribution in [3.63, 3.8) is 0 Å². The Hall–Kier alpha value is -1.15. The second kappa shape index (κ2) is 3.07. The molecule has 2 aromatic rings. The third kappa shape index (κ3) is 1.38. The first-order valence-corrected chi connectivity index (χ1v) is 4.51. The fourth-order valence-electron chi connectivity index (χ4n) is 1.02. The average molecular weight is 174 g/mol. The average Bonchev–Trinajstić information content (AvgIpc) is 2.54. The summed E-state index contributed by atoms with van der Waals surface area (Å²) in [4.78, 5) is 5.25. The third-order valence-electron chi connectivity index (χ3n) is 1.57. The van der Waals surface area contributed by atoms with Crippen molar-refractivity contribution < 1.29 is 0 Å². The maximum Gasteiger partial charge on any atom is 0.123 e. The molecule has 0 unspecified atom stereocenters. The zero-order valence-corrected chi connectivity index (χ0v) is 7.34. The van der Waals surface area contributed by atoms with Gasteiger partial charge in [0.05, 0.1) is 0 Å². The lowest BCUT2D eigenvalue weighted by Crippen LogP contribution is -1.71. The zero-order chi connectivity index (χ0) is 8.39. The first-order valence-electron chi connectivity index (χ1n) is 3.69. The molecule has 0 spiro atoms. The van der Waals surface area contributed by atoms with Crippen LogP contribution in [0.4, 0.5) is 0 Å². The number of nitrogens with zero attached hydrogens (tertiary/aromatic N) is 1. The highest BCUT2D eigenvalue weighted by Gasteiger charge is 1.99. The van der Waals surface area contributed by atoms with Gasteiger partial charge in [0, 0.05) is 16.6 Å². The molecule has 0 atom stereocenters. The fourth-order valence-corrected chi connectivity index (χ4v) is 1.73. The van der Waals surface area contributed by atoms with Gasteiger partial charge >= 0.3 is 0 Å². The normalized spacial score (nSPS) is 10.1. The molecule has 2 rings (SSSR count). The molecule has 0 N–H and O–H groups in total. The Balaban J connectivity index is 2.45. The van der Waals surface area contributed by atoms with E-state index in [2.05, 4.69) is 24.0 Å². The highest BCUT2D eigenvalue weighted by molar-refractivity contribution is 7.15. The molecule has 0 saturated carbocycles. The lowest BCUT2D eigenvalue weighted by molar-refractivity contribution is 1.40. The van der Waals surface area contributed by atoms with E-state index in [1.54, 1.807) is 17.5 Å². The highest BCUT2D eigenvalue weighted by atomic mass is 32.1. The Morgan fingerprint density at radius 3 is 2.50 bits per heavy atom. The van der Waals surface area contributed by atoms with Gasteiger partial charge in [0.15, 0.2) is 0 Å². The number of benzene rings is 1. The largest absolute Gasteiger partial charge is 0.244 e. The molecule has 1 aromatic carbocycles. The summed E-state index contributed by atoms with van der Waals surface area (Å²) in [5.41, 5.74) is 1.16. The third-order valence-corrected chi connectivity index (χ3v) is 2.48. The fraction of sp³-hybridized carbons (Fsp3) is 0. The van der Waals surface area contributed by atoms with Gasteiger partial charge in [0.1, 0.15) is 5.01 Å². The molecule has 59 valence electrons. The van der Waals surface area contributed by atoms with E-state index in [1.807, 2.05) is 18.2 Å². The SMILES string of the molecule is [CH2]c1cnc(-c2ccccc2)s1. The molecule has 1 heterocycles. The minimum Gasteiger partial charge on any atom is -0.244 e. The predicted molar refractivity (Wildman–Crippen MR) is 52.0 cm³/mol. The monoisotopic (exact) mass is 174 g/mol. The van der Waals surface area contributed by atoms with E-state index < -0.39 is 0 Å². The van der Waals surface area contributed by atoms with Gasteiger partial charge in [-0.1, -0.05) is 30.3 Å². The van der Waals surface area contributed by atoms with Crippen molar-refractivity contribution in [1.82, 2.24) is 4.98 Å². The summed E-state index contributed by atoms with van der Waals surface area (Å²) in [5, 5.41) is 1.04. The van der Waals surface area contributed by atoms with E-state index in [0.717, 1.165) is 15.4 Å². The summed E-state index contributed by atoms with van der Waals surface area (Å²) in [6.45, 7) is 3.82. The number of rotatable bonds is 1. The van der Waals surface area contributed by atoms with Gasteiger partial charge in [-0.15, -0.1) is 11.3 Å². The number of hydrogen-bond acceptors (Lipinski definition) is 2. The molecule has 0 bridgehead atoms. The molecular weight excluding hydrogens is 166 g/mol. The Kier molecular flexibility index (Phi) is 1.92. The van der Waals surface area contributed by atoms with E-state index in [4.69, 9.17) is 0 Å². The smallest absolute Gasteiger partial charge is 0.123 e. The first-order chi connectivity index (χ1) is 5.86. The van der Waals surface area contributed by atoms with E-state index >= 15 is 0 Å². The summed E-state index contributed by atoms with van der Waals surface area (Å²) in [5.74, 6) is 0. The van der Waals surface area contributed by atoms with E-state index in [0.29, 0.717) is 0 Å². The highest BCUT2D eigenvalue weighted by Crippen LogP contribution is 2.23. The molecule has 0 saturated heterocycles. The Bertz CT molecular complexity index is 364. The second-order valence-corrected chi connectivity index (χ2v) is 3.61. The van der Waals surface area contributed by atoms with Crippen LogP contribution in [-0.4, -0.2) is 4.98 Å². The molecule has 0 aliphatic rings. The molecule has 0 aliphatic carbocycles. The van der Waals surface area contributed by atoms with Crippen molar-refractivity contribution in [2.75, 3.05) is 0 Å². The summed E-state index contributed by atoms with van der Waals surface area (Å²) < 4.78 is 0. The molecule has 12 heavy (non-hydrogen) atoms. The van der Waals surface area contributed by atoms with Crippen LogP contribution < -0.4 is 0 Å². The zero-order valence-electron chi connectivity index (χ0n) is 6.53. The van der Waals surface area contributed by atoms with Gasteiger partial charge in [-0.3, -0.25) is 0 Å². The van der Waals surface area contributed by atoms with Crippen LogP contribution in [0.2, 0.25) is 0 Å². The van der Waals surface area contributed by atoms with Gasteiger partial charge in [0.25, 0.3) is 0 Å². The molecular formula is C10H8NS. The van der Waals surface area contributed by atoms with E-state index in [1.165, 1.54) is 0 Å². The number of aromatic nitrogens is 1. The van der Waals surface area contributed by atoms with Crippen molar-refractivity contribution >= 4 is 11.3 Å². The maximum atomic E-state index is 4.24. The number of thiazole rings is 1. The molecule has 0 aliphatic heterocycles. The van der Waals surface area contributed by atoms with Crippen LogP contribution in [-0.2, 0) is 0 Å². The van der Waals surface area contributed by atoms with Crippen LogP contribution in [0.1, 0.15) is 4.88 Å². The Labute approximate surface area is 75.7 Å². The van der Waals surface area contributed by atoms with Crippen molar-refractivity contribution in [2.45, 2.75) is 0 Å². The standard InChI is InChI=1S/C10H8NS/c1-8-7-11-10(12-8)9-5-3-2-4-6-9/h2-7H,1H2.